The topological polar surface area (TPSA) is 37.3 Å². The number of allylic oxidation sites excluding steroid dienone is 1. The fourth-order valence-electron chi connectivity index (χ4n) is 0.610. The molecule has 0 aliphatic heterocycles. The van der Waals surface area contributed by atoms with E-state index in [9.17, 15) is 4.79 Å². The Kier molecular flexibility index (Phi) is 10.4. The van der Waals surface area contributed by atoms with Gasteiger partial charge < -0.3 is 6.53 Å². The zero-order valence-electron chi connectivity index (χ0n) is 8.55. The van der Waals surface area contributed by atoms with Crippen LogP contribution in [0.1, 0.15) is 34.5 Å². The number of hydrogen-bond donors (Lipinski definition) is 1. The minimum absolute atomic E-state index is 0. The van der Waals surface area contributed by atoms with Crippen LogP contribution in [0.25, 0.3) is 0 Å². The number of carboxylic acid groups (broad SMARTS) is 1. The van der Waals surface area contributed by atoms with Gasteiger partial charge in [0.1, 0.15) is 0 Å². The summed E-state index contributed by atoms with van der Waals surface area (Å²) in [6.07, 6.45) is 4.84. The monoisotopic (exact) mass is 166 g/mol. The first-order valence-electron chi connectivity index (χ1n) is 3.58. The van der Waals surface area contributed by atoms with Crippen LogP contribution in [0.15, 0.2) is 11.6 Å². The normalized spacial score (nSPS) is 10.5. The Hall–Kier alpha value is 0.210. The molecule has 0 aromatic heterocycles. The largest absolute Gasteiger partial charge is 1.00 e. The molecule has 0 aliphatic rings. The first-order chi connectivity index (χ1) is 4.68. The zero-order chi connectivity index (χ0) is 7.98. The third kappa shape index (κ3) is 8.11. The van der Waals surface area contributed by atoms with Crippen LogP contribution in [0.2, 0.25) is 0 Å². The van der Waals surface area contributed by atoms with Crippen LogP contribution in [0.4, 0.5) is 0 Å². The van der Waals surface area contributed by atoms with Crippen molar-refractivity contribution >= 4 is 5.97 Å². The molecule has 0 saturated carbocycles. The third-order valence-corrected chi connectivity index (χ3v) is 1.35. The van der Waals surface area contributed by atoms with Crippen molar-refractivity contribution in [3.8, 4) is 0 Å². The summed E-state index contributed by atoms with van der Waals surface area (Å²) in [5, 5.41) is 8.41. The van der Waals surface area contributed by atoms with E-state index in [1.54, 1.807) is 13.0 Å². The van der Waals surface area contributed by atoms with Crippen molar-refractivity contribution in [3.05, 3.63) is 11.6 Å². The fourth-order valence-corrected chi connectivity index (χ4v) is 0.610. The molecule has 0 aromatic carbocycles. The summed E-state index contributed by atoms with van der Waals surface area (Å²) in [6.45, 7) is 3.71. The summed E-state index contributed by atoms with van der Waals surface area (Å²) in [6, 6.07) is 0. The van der Waals surface area contributed by atoms with Crippen molar-refractivity contribution in [2.75, 3.05) is 0 Å². The fraction of sp³-hybridized carbons (Fsp3) is 0.625. The van der Waals surface area contributed by atoms with Gasteiger partial charge >= 0.3 is 35.5 Å². The van der Waals surface area contributed by atoms with E-state index in [1.807, 2.05) is 0 Å². The molecular weight excluding hydrogens is 151 g/mol. The molecule has 0 radical (unpaired) electrons. The molecule has 0 aromatic rings. The maximum absolute atomic E-state index is 10.2. The van der Waals surface area contributed by atoms with Crippen LogP contribution in [-0.2, 0) is 4.79 Å². The van der Waals surface area contributed by atoms with Gasteiger partial charge in [-0.1, -0.05) is 25.8 Å². The number of hydrogen-bond acceptors (Lipinski definition) is 1. The van der Waals surface area contributed by atoms with Gasteiger partial charge in [0.25, 0.3) is 0 Å². The van der Waals surface area contributed by atoms with Crippen molar-refractivity contribution in [2.45, 2.75) is 33.1 Å². The Bertz CT molecular complexity index is 146. The second kappa shape index (κ2) is 8.31. The summed E-state index contributed by atoms with van der Waals surface area (Å²) in [7, 11) is 0. The van der Waals surface area contributed by atoms with E-state index < -0.39 is 5.97 Å². The molecule has 11 heavy (non-hydrogen) atoms. The van der Waals surface area contributed by atoms with E-state index in [4.69, 9.17) is 5.11 Å². The molecule has 1 N–H and O–H groups in total. The minimum atomic E-state index is -0.809. The predicted molar refractivity (Wildman–Crippen MR) is 42.0 cm³/mol. The van der Waals surface area contributed by atoms with Gasteiger partial charge in [0.2, 0.25) is 0 Å². The summed E-state index contributed by atoms with van der Waals surface area (Å²) in [5.41, 5.74) is 0.452. The molecule has 0 amide bonds. The molecule has 0 aliphatic carbocycles. The first kappa shape index (κ1) is 13.8. The molecule has 60 valence electrons. The summed E-state index contributed by atoms with van der Waals surface area (Å²) in [5.74, 6) is -0.809. The van der Waals surface area contributed by atoms with Crippen LogP contribution in [-0.4, -0.2) is 11.1 Å². The molecule has 2 nitrogen and oxygen atoms in total. The molecule has 0 saturated heterocycles. The van der Waals surface area contributed by atoms with Crippen LogP contribution in [0.3, 0.4) is 0 Å². The Morgan fingerprint density at radius 1 is 1.64 bits per heavy atom. The zero-order valence-corrected chi connectivity index (χ0v) is 9.55. The summed E-state index contributed by atoms with van der Waals surface area (Å²) in [4.78, 5) is 10.2. The van der Waals surface area contributed by atoms with Gasteiger partial charge in [0.05, 0.1) is 0 Å². The number of carbonyl (C=O) groups is 1. The van der Waals surface area contributed by atoms with Gasteiger partial charge in [0.15, 0.2) is 0 Å². The van der Waals surface area contributed by atoms with Crippen molar-refractivity contribution in [1.82, 2.24) is 0 Å². The van der Waals surface area contributed by atoms with E-state index in [0.29, 0.717) is 5.57 Å². The SMILES string of the molecule is CCCC/C=C(/C)C(=O)O.[H-].[Na+]. The summed E-state index contributed by atoms with van der Waals surface area (Å²) < 4.78 is 0. The van der Waals surface area contributed by atoms with E-state index in [2.05, 4.69) is 6.92 Å². The average Bonchev–Trinajstić information content (AvgIpc) is 1.88. The van der Waals surface area contributed by atoms with Crippen molar-refractivity contribution in [3.63, 3.8) is 0 Å². The standard InChI is InChI=1S/C8H14O2.Na.H/c1-3-4-5-6-7(2)8(9)10;;/h6H,3-5H2,1-2H3,(H,9,10);;/q;+1;-1/b7-6-;;. The molecule has 0 fully saturated rings. The van der Waals surface area contributed by atoms with Crippen LogP contribution >= 0.6 is 0 Å². The first-order valence-corrected chi connectivity index (χ1v) is 3.58. The van der Waals surface area contributed by atoms with Crippen LogP contribution in [0, 0.1) is 0 Å². The number of carboxylic acids is 1. The van der Waals surface area contributed by atoms with Crippen molar-refractivity contribution in [2.24, 2.45) is 0 Å². The quantitative estimate of drug-likeness (QED) is 0.341. The molecule has 0 spiro atoms. The van der Waals surface area contributed by atoms with Gasteiger partial charge in [-0.05, 0) is 13.3 Å². The molecule has 0 heterocycles. The van der Waals surface area contributed by atoms with E-state index >= 15 is 0 Å². The number of aliphatic carboxylic acids is 1. The molecule has 0 rings (SSSR count). The smallest absolute Gasteiger partial charge is 1.00 e. The Morgan fingerprint density at radius 2 is 2.18 bits per heavy atom. The molecule has 0 atom stereocenters. The van der Waals surface area contributed by atoms with Crippen LogP contribution in [0.5, 0.6) is 0 Å². The van der Waals surface area contributed by atoms with Crippen molar-refractivity contribution in [1.29, 1.82) is 0 Å². The van der Waals surface area contributed by atoms with E-state index in [1.165, 1.54) is 0 Å². The maximum Gasteiger partial charge on any atom is 1.00 e. The Labute approximate surface area is 91.5 Å². The minimum Gasteiger partial charge on any atom is -1.00 e. The van der Waals surface area contributed by atoms with Gasteiger partial charge in [0, 0.05) is 5.57 Å². The van der Waals surface area contributed by atoms with Gasteiger partial charge in [-0.15, -0.1) is 0 Å². The molecule has 3 heteroatoms. The van der Waals surface area contributed by atoms with E-state index in [0.717, 1.165) is 19.3 Å². The molecule has 0 unspecified atom stereocenters. The van der Waals surface area contributed by atoms with Crippen LogP contribution < -0.4 is 29.6 Å². The number of unbranched alkanes of at least 4 members (excludes halogenated alkanes) is 2. The van der Waals surface area contributed by atoms with Crippen molar-refractivity contribution < 1.29 is 40.9 Å². The van der Waals surface area contributed by atoms with Gasteiger partial charge in [-0.3, -0.25) is 0 Å². The predicted octanol–water partition coefficient (Wildman–Crippen LogP) is -0.676. The molecular formula is C8H15NaO2. The Balaban J connectivity index is -0.000000405. The second-order valence-electron chi connectivity index (χ2n) is 2.33. The van der Waals surface area contributed by atoms with Gasteiger partial charge in [-0.2, -0.15) is 0 Å². The average molecular weight is 166 g/mol. The van der Waals surface area contributed by atoms with E-state index in [-0.39, 0.29) is 31.0 Å². The molecule has 0 bridgehead atoms. The summed E-state index contributed by atoms with van der Waals surface area (Å²) >= 11 is 0. The number of rotatable bonds is 4. The maximum atomic E-state index is 10.2. The third-order valence-electron chi connectivity index (χ3n) is 1.35. The Morgan fingerprint density at radius 3 is 2.55 bits per heavy atom. The second-order valence-corrected chi connectivity index (χ2v) is 2.33. The van der Waals surface area contributed by atoms with Gasteiger partial charge in [-0.25, -0.2) is 4.79 Å².